The summed E-state index contributed by atoms with van der Waals surface area (Å²) in [6.07, 6.45) is 5.54. The molecule has 1 saturated carbocycles. The van der Waals surface area contributed by atoms with Crippen molar-refractivity contribution in [1.82, 2.24) is 19.6 Å². The van der Waals surface area contributed by atoms with Crippen molar-refractivity contribution < 1.29 is 0 Å². The van der Waals surface area contributed by atoms with Crippen molar-refractivity contribution in [3.63, 3.8) is 0 Å². The molecule has 0 bridgehead atoms. The minimum atomic E-state index is 0. The SMILES string of the molecule is CCC(C)n1nccc1CNc1cc(C2CC2)nn1C.Cl. The van der Waals surface area contributed by atoms with E-state index in [9.17, 15) is 0 Å². The molecule has 116 valence electrons. The van der Waals surface area contributed by atoms with Crippen LogP contribution in [0.5, 0.6) is 0 Å². The van der Waals surface area contributed by atoms with Gasteiger partial charge in [0.2, 0.25) is 0 Å². The number of hydrogen-bond donors (Lipinski definition) is 1. The number of rotatable bonds is 6. The predicted octanol–water partition coefficient (Wildman–Crippen LogP) is 3.50. The number of halogens is 1. The lowest BCUT2D eigenvalue weighted by Crippen LogP contribution is -2.13. The summed E-state index contributed by atoms with van der Waals surface area (Å²) in [6.45, 7) is 5.17. The number of anilines is 1. The van der Waals surface area contributed by atoms with Crippen molar-refractivity contribution >= 4 is 18.2 Å². The van der Waals surface area contributed by atoms with Crippen molar-refractivity contribution in [2.24, 2.45) is 7.05 Å². The van der Waals surface area contributed by atoms with Gasteiger partial charge in [-0.2, -0.15) is 10.2 Å². The van der Waals surface area contributed by atoms with Crippen LogP contribution < -0.4 is 5.32 Å². The van der Waals surface area contributed by atoms with E-state index in [-0.39, 0.29) is 12.4 Å². The van der Waals surface area contributed by atoms with Crippen LogP contribution in [0.4, 0.5) is 5.82 Å². The summed E-state index contributed by atoms with van der Waals surface area (Å²) in [5.74, 6) is 1.78. The van der Waals surface area contributed by atoms with Crippen LogP contribution >= 0.6 is 12.4 Å². The Labute approximate surface area is 132 Å². The molecule has 0 aliphatic heterocycles. The van der Waals surface area contributed by atoms with Gasteiger partial charge in [-0.05, 0) is 32.3 Å². The van der Waals surface area contributed by atoms with E-state index in [2.05, 4.69) is 46.2 Å². The van der Waals surface area contributed by atoms with Crippen molar-refractivity contribution in [1.29, 1.82) is 0 Å². The van der Waals surface area contributed by atoms with Crippen molar-refractivity contribution in [2.75, 3.05) is 5.32 Å². The molecule has 1 aliphatic rings. The highest BCUT2D eigenvalue weighted by molar-refractivity contribution is 5.85. The van der Waals surface area contributed by atoms with E-state index < -0.39 is 0 Å². The Hall–Kier alpha value is -1.49. The highest BCUT2D eigenvalue weighted by Crippen LogP contribution is 2.39. The largest absolute Gasteiger partial charge is 0.365 e. The van der Waals surface area contributed by atoms with Gasteiger partial charge in [0.05, 0.1) is 17.9 Å². The van der Waals surface area contributed by atoms with Gasteiger partial charge in [-0.3, -0.25) is 9.36 Å². The molecular formula is C15H24ClN5. The van der Waals surface area contributed by atoms with E-state index in [0.717, 1.165) is 18.8 Å². The van der Waals surface area contributed by atoms with Crippen LogP contribution in [0, 0.1) is 0 Å². The van der Waals surface area contributed by atoms with Gasteiger partial charge in [-0.25, -0.2) is 0 Å². The first-order chi connectivity index (χ1) is 9.69. The third kappa shape index (κ3) is 3.40. The Morgan fingerprint density at radius 2 is 2.19 bits per heavy atom. The minimum absolute atomic E-state index is 0. The van der Waals surface area contributed by atoms with Gasteiger partial charge in [0.1, 0.15) is 5.82 Å². The van der Waals surface area contributed by atoms with Crippen molar-refractivity contribution in [3.05, 3.63) is 29.7 Å². The number of aryl methyl sites for hydroxylation is 1. The molecule has 6 heteroatoms. The first-order valence-electron chi connectivity index (χ1n) is 7.49. The Bertz CT molecular complexity index is 585. The van der Waals surface area contributed by atoms with Gasteiger partial charge in [0, 0.05) is 31.3 Å². The summed E-state index contributed by atoms with van der Waals surface area (Å²) in [6, 6.07) is 4.70. The molecule has 1 unspecified atom stereocenters. The van der Waals surface area contributed by atoms with Gasteiger partial charge in [-0.15, -0.1) is 12.4 Å². The average Bonchev–Trinajstić information content (AvgIpc) is 3.08. The molecular weight excluding hydrogens is 286 g/mol. The molecule has 5 nitrogen and oxygen atoms in total. The standard InChI is InChI=1S/C15H23N5.ClH/c1-4-11(2)20-13(7-8-17-20)10-16-15-9-14(12-5-6-12)18-19(15)3;/h7-9,11-12,16H,4-6,10H2,1-3H3;1H. The predicted molar refractivity (Wildman–Crippen MR) is 87.0 cm³/mol. The number of hydrogen-bond acceptors (Lipinski definition) is 3. The monoisotopic (exact) mass is 309 g/mol. The van der Waals surface area contributed by atoms with Crippen LogP contribution in [0.1, 0.15) is 56.5 Å². The normalized spacial score (nSPS) is 15.6. The molecule has 0 saturated heterocycles. The fourth-order valence-corrected chi connectivity index (χ4v) is 2.47. The quantitative estimate of drug-likeness (QED) is 0.888. The van der Waals surface area contributed by atoms with Gasteiger partial charge >= 0.3 is 0 Å². The van der Waals surface area contributed by atoms with E-state index in [1.807, 2.05) is 17.9 Å². The number of nitrogens with zero attached hydrogens (tertiary/aromatic N) is 4. The fraction of sp³-hybridized carbons (Fsp3) is 0.600. The van der Waals surface area contributed by atoms with E-state index in [1.54, 1.807) is 0 Å². The summed E-state index contributed by atoms with van der Waals surface area (Å²) < 4.78 is 4.04. The summed E-state index contributed by atoms with van der Waals surface area (Å²) in [5.41, 5.74) is 2.44. The Balaban J connectivity index is 0.00000161. The summed E-state index contributed by atoms with van der Waals surface area (Å²) >= 11 is 0. The zero-order valence-electron chi connectivity index (χ0n) is 12.9. The molecule has 0 amide bonds. The Kier molecular flexibility index (Phi) is 4.93. The summed E-state index contributed by atoms with van der Waals surface area (Å²) in [7, 11) is 2.00. The van der Waals surface area contributed by atoms with Gasteiger partial charge in [0.25, 0.3) is 0 Å². The zero-order valence-corrected chi connectivity index (χ0v) is 13.7. The second kappa shape index (κ2) is 6.52. The molecule has 2 aromatic heterocycles. The smallest absolute Gasteiger partial charge is 0.124 e. The number of aromatic nitrogens is 4. The van der Waals surface area contributed by atoms with Gasteiger partial charge in [0.15, 0.2) is 0 Å². The third-order valence-electron chi connectivity index (χ3n) is 4.11. The highest BCUT2D eigenvalue weighted by Gasteiger charge is 2.26. The highest BCUT2D eigenvalue weighted by atomic mass is 35.5. The van der Waals surface area contributed by atoms with Crippen LogP contribution in [0.3, 0.4) is 0 Å². The molecule has 1 atom stereocenters. The molecule has 1 fully saturated rings. The molecule has 0 aromatic carbocycles. The molecule has 2 aromatic rings. The number of nitrogens with one attached hydrogen (secondary N) is 1. The van der Waals surface area contributed by atoms with Gasteiger partial charge in [-0.1, -0.05) is 6.92 Å². The van der Waals surface area contributed by atoms with E-state index in [1.165, 1.54) is 24.2 Å². The molecule has 2 heterocycles. The van der Waals surface area contributed by atoms with Crippen LogP contribution in [-0.4, -0.2) is 19.6 Å². The Morgan fingerprint density at radius 1 is 1.43 bits per heavy atom. The van der Waals surface area contributed by atoms with Crippen molar-refractivity contribution in [3.8, 4) is 0 Å². The molecule has 1 aliphatic carbocycles. The summed E-state index contributed by atoms with van der Waals surface area (Å²) in [5, 5.41) is 12.5. The van der Waals surface area contributed by atoms with Crippen LogP contribution in [0.2, 0.25) is 0 Å². The first-order valence-corrected chi connectivity index (χ1v) is 7.49. The molecule has 3 rings (SSSR count). The molecule has 0 spiro atoms. The molecule has 0 radical (unpaired) electrons. The zero-order chi connectivity index (χ0) is 14.1. The third-order valence-corrected chi connectivity index (χ3v) is 4.11. The average molecular weight is 310 g/mol. The summed E-state index contributed by atoms with van der Waals surface area (Å²) in [4.78, 5) is 0. The van der Waals surface area contributed by atoms with Crippen LogP contribution in [-0.2, 0) is 13.6 Å². The van der Waals surface area contributed by atoms with Crippen molar-refractivity contribution in [2.45, 2.75) is 51.6 Å². The van der Waals surface area contributed by atoms with Crippen LogP contribution in [0.15, 0.2) is 18.3 Å². The molecule has 21 heavy (non-hydrogen) atoms. The second-order valence-electron chi connectivity index (χ2n) is 5.73. The van der Waals surface area contributed by atoms with E-state index in [0.29, 0.717) is 12.0 Å². The lowest BCUT2D eigenvalue weighted by molar-refractivity contribution is 0.462. The fourth-order valence-electron chi connectivity index (χ4n) is 2.47. The van der Waals surface area contributed by atoms with Crippen LogP contribution in [0.25, 0.3) is 0 Å². The maximum absolute atomic E-state index is 4.58. The second-order valence-corrected chi connectivity index (χ2v) is 5.73. The first kappa shape index (κ1) is 15.9. The van der Waals surface area contributed by atoms with Gasteiger partial charge < -0.3 is 5.32 Å². The Morgan fingerprint density at radius 3 is 2.86 bits per heavy atom. The lowest BCUT2D eigenvalue weighted by Gasteiger charge is -2.14. The molecule has 1 N–H and O–H groups in total. The maximum atomic E-state index is 4.58. The lowest BCUT2D eigenvalue weighted by atomic mass is 10.2. The maximum Gasteiger partial charge on any atom is 0.124 e. The topological polar surface area (TPSA) is 47.7 Å². The van der Waals surface area contributed by atoms with E-state index >= 15 is 0 Å². The van der Waals surface area contributed by atoms with E-state index in [4.69, 9.17) is 0 Å². The minimum Gasteiger partial charge on any atom is -0.365 e.